The van der Waals surface area contributed by atoms with E-state index >= 15 is 0 Å². The maximum Gasteiger partial charge on any atom is 0.243 e. The van der Waals surface area contributed by atoms with Crippen molar-refractivity contribution >= 4 is 27.5 Å². The molecular formula is C27H29N3O4S. The van der Waals surface area contributed by atoms with Crippen LogP contribution in [0.25, 0.3) is 0 Å². The summed E-state index contributed by atoms with van der Waals surface area (Å²) < 4.78 is 28.7. The van der Waals surface area contributed by atoms with E-state index in [0.29, 0.717) is 18.7 Å². The lowest BCUT2D eigenvalue weighted by Gasteiger charge is -2.36. The molecular weight excluding hydrogens is 462 g/mol. The summed E-state index contributed by atoms with van der Waals surface area (Å²) in [6.45, 7) is 4.05. The Bertz CT molecular complexity index is 1340. The van der Waals surface area contributed by atoms with Gasteiger partial charge in [-0.05, 0) is 54.3 Å². The van der Waals surface area contributed by atoms with Gasteiger partial charge in [0.05, 0.1) is 10.9 Å². The van der Waals surface area contributed by atoms with E-state index in [4.69, 9.17) is 0 Å². The third-order valence-corrected chi connectivity index (χ3v) is 8.02. The Morgan fingerprint density at radius 1 is 1.00 bits per heavy atom. The second-order valence-corrected chi connectivity index (χ2v) is 10.6. The molecule has 8 heteroatoms. The molecule has 2 N–H and O–H groups in total. The van der Waals surface area contributed by atoms with Gasteiger partial charge in [0, 0.05) is 32.1 Å². The van der Waals surface area contributed by atoms with Gasteiger partial charge < -0.3 is 10.6 Å². The standard InChI is InChI=1S/C27H29N3O4S/c1-19-6-5-7-21(16-19)18-28-27(32)17-26-25-9-4-3-8-22(25)14-15-30(26)35(33,34)24-12-10-23(11-13-24)29-20(2)31/h3-13,16,26H,14-15,17-18H2,1-2H3,(H,28,32)(H,29,31). The number of benzene rings is 3. The lowest BCUT2D eigenvalue weighted by Crippen LogP contribution is -2.42. The number of nitrogens with zero attached hydrogens (tertiary/aromatic N) is 1. The van der Waals surface area contributed by atoms with Crippen molar-refractivity contribution < 1.29 is 18.0 Å². The molecule has 1 atom stereocenters. The lowest BCUT2D eigenvalue weighted by atomic mass is 9.92. The predicted molar refractivity (Wildman–Crippen MR) is 135 cm³/mol. The summed E-state index contributed by atoms with van der Waals surface area (Å²) in [5.74, 6) is -0.445. The van der Waals surface area contributed by atoms with Gasteiger partial charge in [-0.3, -0.25) is 9.59 Å². The van der Waals surface area contributed by atoms with Crippen LogP contribution in [0.4, 0.5) is 5.69 Å². The van der Waals surface area contributed by atoms with Crippen LogP contribution >= 0.6 is 0 Å². The molecule has 1 unspecified atom stereocenters. The maximum atomic E-state index is 13.6. The van der Waals surface area contributed by atoms with Crippen molar-refractivity contribution in [1.29, 1.82) is 0 Å². The quantitative estimate of drug-likeness (QED) is 0.523. The summed E-state index contributed by atoms with van der Waals surface area (Å²) in [6, 6.07) is 21.1. The minimum atomic E-state index is -3.88. The van der Waals surface area contributed by atoms with Crippen LogP contribution in [0.3, 0.4) is 0 Å². The van der Waals surface area contributed by atoms with Crippen LogP contribution in [-0.2, 0) is 32.6 Å². The van der Waals surface area contributed by atoms with Crippen molar-refractivity contribution in [2.45, 2.75) is 44.2 Å². The molecule has 0 spiro atoms. The Labute approximate surface area is 206 Å². The Kier molecular flexibility index (Phi) is 7.33. The number of carbonyl (C=O) groups is 2. The van der Waals surface area contributed by atoms with Crippen LogP contribution in [0.2, 0.25) is 0 Å². The van der Waals surface area contributed by atoms with E-state index in [0.717, 1.165) is 22.3 Å². The van der Waals surface area contributed by atoms with Crippen molar-refractivity contribution in [1.82, 2.24) is 9.62 Å². The summed E-state index contributed by atoms with van der Waals surface area (Å²) in [7, 11) is -3.88. The number of fused-ring (bicyclic) bond motifs is 1. The second-order valence-electron chi connectivity index (χ2n) is 8.76. The van der Waals surface area contributed by atoms with Crippen molar-refractivity contribution in [2.24, 2.45) is 0 Å². The molecule has 0 fully saturated rings. The highest BCUT2D eigenvalue weighted by Crippen LogP contribution is 2.36. The topological polar surface area (TPSA) is 95.6 Å². The van der Waals surface area contributed by atoms with Gasteiger partial charge in [-0.25, -0.2) is 8.42 Å². The first-order valence-electron chi connectivity index (χ1n) is 11.5. The molecule has 2 amide bonds. The Hall–Kier alpha value is -3.49. The minimum Gasteiger partial charge on any atom is -0.352 e. The highest BCUT2D eigenvalue weighted by molar-refractivity contribution is 7.89. The van der Waals surface area contributed by atoms with Crippen molar-refractivity contribution in [3.05, 3.63) is 95.1 Å². The first-order chi connectivity index (χ1) is 16.7. The number of hydrogen-bond acceptors (Lipinski definition) is 4. The van der Waals surface area contributed by atoms with Crippen LogP contribution in [0.15, 0.2) is 77.7 Å². The van der Waals surface area contributed by atoms with Gasteiger partial charge in [0.25, 0.3) is 0 Å². The van der Waals surface area contributed by atoms with Gasteiger partial charge in [-0.2, -0.15) is 4.31 Å². The van der Waals surface area contributed by atoms with Gasteiger partial charge in [-0.1, -0.05) is 54.1 Å². The van der Waals surface area contributed by atoms with E-state index in [1.54, 1.807) is 12.1 Å². The maximum absolute atomic E-state index is 13.6. The van der Waals surface area contributed by atoms with Gasteiger partial charge >= 0.3 is 0 Å². The first-order valence-corrected chi connectivity index (χ1v) is 13.0. The average molecular weight is 492 g/mol. The molecule has 1 heterocycles. The molecule has 3 aromatic carbocycles. The van der Waals surface area contributed by atoms with Gasteiger partial charge in [0.1, 0.15) is 0 Å². The molecule has 35 heavy (non-hydrogen) atoms. The number of sulfonamides is 1. The zero-order chi connectivity index (χ0) is 25.0. The van der Waals surface area contributed by atoms with Crippen LogP contribution < -0.4 is 10.6 Å². The number of nitrogens with one attached hydrogen (secondary N) is 2. The third-order valence-electron chi connectivity index (χ3n) is 6.10. The summed E-state index contributed by atoms with van der Waals surface area (Å²) in [5, 5.41) is 5.58. The number of amides is 2. The van der Waals surface area contributed by atoms with Crippen LogP contribution in [0.5, 0.6) is 0 Å². The largest absolute Gasteiger partial charge is 0.352 e. The third kappa shape index (κ3) is 5.78. The normalized spacial score (nSPS) is 15.8. The fourth-order valence-corrected chi connectivity index (χ4v) is 6.05. The molecule has 182 valence electrons. The van der Waals surface area contributed by atoms with E-state index in [9.17, 15) is 18.0 Å². The molecule has 3 aromatic rings. The summed E-state index contributed by atoms with van der Waals surface area (Å²) >= 11 is 0. The van der Waals surface area contributed by atoms with Crippen LogP contribution in [-0.4, -0.2) is 31.1 Å². The minimum absolute atomic E-state index is 0.0199. The number of carbonyl (C=O) groups excluding carboxylic acids is 2. The van der Waals surface area contributed by atoms with E-state index in [-0.39, 0.29) is 29.7 Å². The van der Waals surface area contributed by atoms with E-state index < -0.39 is 16.1 Å². The van der Waals surface area contributed by atoms with Crippen LogP contribution in [0, 0.1) is 6.92 Å². The molecule has 0 saturated carbocycles. The predicted octanol–water partition coefficient (Wildman–Crippen LogP) is 3.95. The van der Waals surface area contributed by atoms with Crippen molar-refractivity contribution in [3.63, 3.8) is 0 Å². The number of hydrogen-bond donors (Lipinski definition) is 2. The summed E-state index contributed by atoms with van der Waals surface area (Å²) in [6.07, 6.45) is 0.590. The smallest absolute Gasteiger partial charge is 0.243 e. The van der Waals surface area contributed by atoms with Gasteiger partial charge in [-0.15, -0.1) is 0 Å². The molecule has 4 rings (SSSR count). The lowest BCUT2D eigenvalue weighted by molar-refractivity contribution is -0.122. The Morgan fingerprint density at radius 2 is 1.74 bits per heavy atom. The van der Waals surface area contributed by atoms with E-state index in [1.165, 1.54) is 23.4 Å². The zero-order valence-corrected chi connectivity index (χ0v) is 20.6. The molecule has 0 aliphatic carbocycles. The second kappa shape index (κ2) is 10.4. The Balaban J connectivity index is 1.58. The number of rotatable bonds is 7. The molecule has 7 nitrogen and oxygen atoms in total. The molecule has 0 saturated heterocycles. The van der Waals surface area contributed by atoms with Crippen molar-refractivity contribution in [3.8, 4) is 0 Å². The van der Waals surface area contributed by atoms with E-state index in [2.05, 4.69) is 10.6 Å². The SMILES string of the molecule is CC(=O)Nc1ccc(S(=O)(=O)N2CCc3ccccc3C2CC(=O)NCc2cccc(C)c2)cc1. The summed E-state index contributed by atoms with van der Waals surface area (Å²) in [5.41, 5.74) is 4.53. The summed E-state index contributed by atoms with van der Waals surface area (Å²) in [4.78, 5) is 24.4. The Morgan fingerprint density at radius 3 is 2.46 bits per heavy atom. The monoisotopic (exact) mass is 491 g/mol. The van der Waals surface area contributed by atoms with Gasteiger partial charge in [0.2, 0.25) is 21.8 Å². The highest BCUT2D eigenvalue weighted by Gasteiger charge is 2.37. The molecule has 1 aliphatic rings. The average Bonchev–Trinajstić information content (AvgIpc) is 2.83. The van der Waals surface area contributed by atoms with Crippen LogP contribution in [0.1, 0.15) is 41.6 Å². The van der Waals surface area contributed by atoms with Crippen molar-refractivity contribution in [2.75, 3.05) is 11.9 Å². The van der Waals surface area contributed by atoms with Gasteiger partial charge in [0.15, 0.2) is 0 Å². The molecule has 0 radical (unpaired) electrons. The number of aryl methyl sites for hydroxylation is 1. The number of anilines is 1. The first kappa shape index (κ1) is 24.6. The molecule has 1 aliphatic heterocycles. The molecule has 0 aromatic heterocycles. The molecule has 0 bridgehead atoms. The fourth-order valence-electron chi connectivity index (χ4n) is 4.45. The highest BCUT2D eigenvalue weighted by atomic mass is 32.2. The van der Waals surface area contributed by atoms with E-state index in [1.807, 2.05) is 55.5 Å². The fraction of sp³-hybridized carbons (Fsp3) is 0.259. The zero-order valence-electron chi connectivity index (χ0n) is 19.8.